The lowest BCUT2D eigenvalue weighted by atomic mass is 10.2. The van der Waals surface area contributed by atoms with Gasteiger partial charge in [-0.2, -0.15) is 10.4 Å². The van der Waals surface area contributed by atoms with Crippen molar-refractivity contribution in [1.82, 2.24) is 15.1 Å². The van der Waals surface area contributed by atoms with Gasteiger partial charge in [0.25, 0.3) is 0 Å². The van der Waals surface area contributed by atoms with Crippen molar-refractivity contribution in [2.75, 3.05) is 6.61 Å². The number of aryl methyl sites for hydroxylation is 2. The van der Waals surface area contributed by atoms with Crippen LogP contribution in [0.2, 0.25) is 0 Å². The molecule has 2 aromatic rings. The maximum absolute atomic E-state index is 8.50. The average Bonchev–Trinajstić information content (AvgIpc) is 2.75. The summed E-state index contributed by atoms with van der Waals surface area (Å²) in [5.74, 6) is 0.725. The second-order valence-corrected chi connectivity index (χ2v) is 4.61. The summed E-state index contributed by atoms with van der Waals surface area (Å²) >= 11 is 0. The van der Waals surface area contributed by atoms with Crippen molar-refractivity contribution in [2.45, 2.75) is 20.0 Å². The number of benzene rings is 1. The SMILES string of the molecule is Cc1nn(C)cc1CNCc1cccc(OCC#N)c1. The number of hydrogen-bond acceptors (Lipinski definition) is 4. The van der Waals surface area contributed by atoms with E-state index in [2.05, 4.69) is 10.4 Å². The summed E-state index contributed by atoms with van der Waals surface area (Å²) < 4.78 is 7.10. The Balaban J connectivity index is 1.88. The lowest BCUT2D eigenvalue weighted by Gasteiger charge is -2.06. The zero-order valence-electron chi connectivity index (χ0n) is 11.8. The Hall–Kier alpha value is -2.32. The zero-order chi connectivity index (χ0) is 14.4. The minimum absolute atomic E-state index is 0.0752. The maximum atomic E-state index is 8.50. The van der Waals surface area contributed by atoms with Crippen molar-refractivity contribution >= 4 is 0 Å². The predicted molar refractivity (Wildman–Crippen MR) is 76.0 cm³/mol. The molecule has 0 aliphatic heterocycles. The van der Waals surface area contributed by atoms with E-state index in [-0.39, 0.29) is 6.61 Å². The second-order valence-electron chi connectivity index (χ2n) is 4.61. The normalized spacial score (nSPS) is 10.2. The molecule has 5 heteroatoms. The summed E-state index contributed by atoms with van der Waals surface area (Å²) in [5, 5.41) is 16.2. The smallest absolute Gasteiger partial charge is 0.174 e. The molecular formula is C15H18N4O. The molecule has 0 saturated carbocycles. The molecule has 104 valence electrons. The van der Waals surface area contributed by atoms with Crippen LogP contribution in [0.5, 0.6) is 5.75 Å². The number of aromatic nitrogens is 2. The third-order valence-electron chi connectivity index (χ3n) is 2.96. The largest absolute Gasteiger partial charge is 0.479 e. The third-order valence-corrected chi connectivity index (χ3v) is 2.96. The van der Waals surface area contributed by atoms with Crippen LogP contribution in [0.3, 0.4) is 0 Å². The second kappa shape index (κ2) is 6.73. The molecule has 0 amide bonds. The van der Waals surface area contributed by atoms with Gasteiger partial charge in [0.2, 0.25) is 0 Å². The van der Waals surface area contributed by atoms with Crippen LogP contribution in [-0.4, -0.2) is 16.4 Å². The first kappa shape index (κ1) is 14.1. The number of rotatable bonds is 6. The monoisotopic (exact) mass is 270 g/mol. The Morgan fingerprint density at radius 1 is 1.40 bits per heavy atom. The average molecular weight is 270 g/mol. The molecule has 0 fully saturated rings. The molecule has 0 saturated heterocycles. The summed E-state index contributed by atoms with van der Waals surface area (Å²) in [6.07, 6.45) is 2.02. The zero-order valence-corrected chi connectivity index (χ0v) is 11.8. The van der Waals surface area contributed by atoms with Crippen molar-refractivity contribution in [3.8, 4) is 11.8 Å². The molecule has 0 bridgehead atoms. The van der Waals surface area contributed by atoms with Gasteiger partial charge in [-0.1, -0.05) is 12.1 Å². The first-order valence-electron chi connectivity index (χ1n) is 6.47. The third kappa shape index (κ3) is 3.84. The Bertz CT molecular complexity index is 613. The van der Waals surface area contributed by atoms with E-state index in [1.165, 1.54) is 5.56 Å². The summed E-state index contributed by atoms with van der Waals surface area (Å²) in [6, 6.07) is 9.72. The van der Waals surface area contributed by atoms with Gasteiger partial charge in [0.15, 0.2) is 6.61 Å². The molecule has 0 unspecified atom stereocenters. The Morgan fingerprint density at radius 2 is 2.25 bits per heavy atom. The first-order chi connectivity index (χ1) is 9.69. The van der Waals surface area contributed by atoms with E-state index in [1.807, 2.05) is 55.2 Å². The topological polar surface area (TPSA) is 62.9 Å². The highest BCUT2D eigenvalue weighted by atomic mass is 16.5. The van der Waals surface area contributed by atoms with Gasteiger partial charge in [0.1, 0.15) is 11.8 Å². The lowest BCUT2D eigenvalue weighted by Crippen LogP contribution is -2.13. The molecule has 0 atom stereocenters. The molecule has 0 aliphatic rings. The Labute approximate surface area is 118 Å². The number of hydrogen-bond donors (Lipinski definition) is 1. The number of nitrogens with one attached hydrogen (secondary N) is 1. The molecule has 0 spiro atoms. The van der Waals surface area contributed by atoms with Crippen LogP contribution < -0.4 is 10.1 Å². The van der Waals surface area contributed by atoms with Crippen LogP contribution in [0.15, 0.2) is 30.5 Å². The van der Waals surface area contributed by atoms with Crippen molar-refractivity contribution < 1.29 is 4.74 Å². The molecule has 1 heterocycles. The van der Waals surface area contributed by atoms with Crippen molar-refractivity contribution in [1.29, 1.82) is 5.26 Å². The molecular weight excluding hydrogens is 252 g/mol. The van der Waals surface area contributed by atoms with Gasteiger partial charge >= 0.3 is 0 Å². The predicted octanol–water partition coefficient (Wildman–Crippen LogP) is 1.92. The molecule has 1 aromatic heterocycles. The number of nitrogens with zero attached hydrogens (tertiary/aromatic N) is 3. The van der Waals surface area contributed by atoms with Crippen molar-refractivity contribution in [3.63, 3.8) is 0 Å². The molecule has 1 aromatic carbocycles. The quantitative estimate of drug-likeness (QED) is 0.871. The van der Waals surface area contributed by atoms with E-state index in [1.54, 1.807) is 0 Å². The van der Waals surface area contributed by atoms with Gasteiger partial charge in [0, 0.05) is 31.9 Å². The van der Waals surface area contributed by atoms with Crippen LogP contribution in [0.1, 0.15) is 16.8 Å². The van der Waals surface area contributed by atoms with E-state index in [0.29, 0.717) is 0 Å². The van der Waals surface area contributed by atoms with E-state index in [0.717, 1.165) is 30.1 Å². The van der Waals surface area contributed by atoms with Gasteiger partial charge in [-0.15, -0.1) is 0 Å². The molecule has 0 radical (unpaired) electrons. The number of nitriles is 1. The highest BCUT2D eigenvalue weighted by Gasteiger charge is 2.02. The Morgan fingerprint density at radius 3 is 2.95 bits per heavy atom. The van der Waals surface area contributed by atoms with Gasteiger partial charge in [-0.25, -0.2) is 0 Å². The molecule has 2 rings (SSSR count). The van der Waals surface area contributed by atoms with Crippen molar-refractivity contribution in [2.24, 2.45) is 7.05 Å². The standard InChI is InChI=1S/C15H18N4O/c1-12-14(11-19(2)18-12)10-17-9-13-4-3-5-15(8-13)20-7-6-16/h3-5,8,11,17H,7,9-10H2,1-2H3. The summed E-state index contributed by atoms with van der Waals surface area (Å²) in [5.41, 5.74) is 3.37. The van der Waals surface area contributed by atoms with E-state index >= 15 is 0 Å². The van der Waals surface area contributed by atoms with Gasteiger partial charge in [0.05, 0.1) is 5.69 Å². The van der Waals surface area contributed by atoms with Crippen LogP contribution in [-0.2, 0) is 20.1 Å². The molecule has 5 nitrogen and oxygen atoms in total. The molecule has 1 N–H and O–H groups in total. The van der Waals surface area contributed by atoms with Gasteiger partial charge in [-0.3, -0.25) is 4.68 Å². The first-order valence-corrected chi connectivity index (χ1v) is 6.47. The fourth-order valence-electron chi connectivity index (χ4n) is 2.02. The minimum Gasteiger partial charge on any atom is -0.479 e. The van der Waals surface area contributed by atoms with Gasteiger partial charge in [-0.05, 0) is 24.6 Å². The van der Waals surface area contributed by atoms with E-state index < -0.39 is 0 Å². The Kier molecular flexibility index (Phi) is 4.75. The highest BCUT2D eigenvalue weighted by molar-refractivity contribution is 5.28. The van der Waals surface area contributed by atoms with E-state index in [9.17, 15) is 0 Å². The fraction of sp³-hybridized carbons (Fsp3) is 0.333. The molecule has 0 aliphatic carbocycles. The van der Waals surface area contributed by atoms with Crippen LogP contribution in [0, 0.1) is 18.3 Å². The van der Waals surface area contributed by atoms with Crippen LogP contribution in [0.25, 0.3) is 0 Å². The van der Waals surface area contributed by atoms with Gasteiger partial charge < -0.3 is 10.1 Å². The van der Waals surface area contributed by atoms with Crippen molar-refractivity contribution in [3.05, 3.63) is 47.3 Å². The highest BCUT2D eigenvalue weighted by Crippen LogP contribution is 2.13. The summed E-state index contributed by atoms with van der Waals surface area (Å²) in [6.45, 7) is 3.61. The summed E-state index contributed by atoms with van der Waals surface area (Å²) in [4.78, 5) is 0. The minimum atomic E-state index is 0.0752. The van der Waals surface area contributed by atoms with Crippen LogP contribution >= 0.6 is 0 Å². The lowest BCUT2D eigenvalue weighted by molar-refractivity contribution is 0.367. The number of ether oxygens (including phenoxy) is 1. The maximum Gasteiger partial charge on any atom is 0.174 e. The van der Waals surface area contributed by atoms with Crippen LogP contribution in [0.4, 0.5) is 0 Å². The molecule has 20 heavy (non-hydrogen) atoms. The summed E-state index contributed by atoms with van der Waals surface area (Å²) in [7, 11) is 1.92. The van der Waals surface area contributed by atoms with E-state index in [4.69, 9.17) is 10.00 Å². The fourth-order valence-corrected chi connectivity index (χ4v) is 2.02.